The number of nitrogens with zero attached hydrogens (tertiary/aromatic N) is 4. The predicted molar refractivity (Wildman–Crippen MR) is 109 cm³/mol. The van der Waals surface area contributed by atoms with E-state index in [1.54, 1.807) is 11.6 Å². The molecule has 1 aliphatic heterocycles. The van der Waals surface area contributed by atoms with Gasteiger partial charge < -0.3 is 4.74 Å². The Hall–Kier alpha value is -2.57. The fraction of sp³-hybridized carbons (Fsp3) is 0.409. The maximum Gasteiger partial charge on any atom is 0.178 e. The van der Waals surface area contributed by atoms with E-state index in [0.29, 0.717) is 5.69 Å². The number of ether oxygens (including phenoxy) is 1. The Bertz CT molecular complexity index is 1040. The van der Waals surface area contributed by atoms with Crippen molar-refractivity contribution in [1.82, 2.24) is 19.7 Å². The van der Waals surface area contributed by atoms with Crippen LogP contribution < -0.4 is 0 Å². The molecule has 3 heterocycles. The standard InChI is InChI=1S/C22H26N4O2/c1-15(27)20-10-19(17-11-23-25(4)13-17)18-6-5-16(9-21(18)24-20)12-26-7-8-28-22(2,3)14-26/h5-6,9-11,13H,7-8,12,14H2,1-4H3. The third-order valence-electron chi connectivity index (χ3n) is 5.16. The molecule has 1 fully saturated rings. The highest BCUT2D eigenvalue weighted by Crippen LogP contribution is 2.30. The van der Waals surface area contributed by atoms with Gasteiger partial charge in [0.15, 0.2) is 5.78 Å². The lowest BCUT2D eigenvalue weighted by Gasteiger charge is -2.38. The number of carbonyl (C=O) groups excluding carboxylic acids is 1. The highest BCUT2D eigenvalue weighted by Gasteiger charge is 2.27. The molecule has 6 nitrogen and oxygen atoms in total. The van der Waals surface area contributed by atoms with Gasteiger partial charge in [-0.2, -0.15) is 5.10 Å². The molecule has 1 aromatic carbocycles. The van der Waals surface area contributed by atoms with Crippen LogP contribution in [0.3, 0.4) is 0 Å². The van der Waals surface area contributed by atoms with Crippen LogP contribution in [-0.2, 0) is 18.3 Å². The minimum absolute atomic E-state index is 0.0348. The van der Waals surface area contributed by atoms with Crippen molar-refractivity contribution in [2.45, 2.75) is 32.9 Å². The molecule has 0 aliphatic carbocycles. The van der Waals surface area contributed by atoms with E-state index in [1.807, 2.05) is 25.5 Å². The van der Waals surface area contributed by atoms with Gasteiger partial charge in [-0.15, -0.1) is 0 Å². The van der Waals surface area contributed by atoms with Crippen LogP contribution in [0.1, 0.15) is 36.8 Å². The smallest absolute Gasteiger partial charge is 0.178 e. The third kappa shape index (κ3) is 3.84. The number of benzene rings is 1. The number of Topliss-reactive ketones (excluding diaryl/α,β-unsaturated/α-hetero) is 1. The second-order valence-electron chi connectivity index (χ2n) is 8.18. The van der Waals surface area contributed by atoms with Gasteiger partial charge in [0.25, 0.3) is 0 Å². The van der Waals surface area contributed by atoms with Gasteiger partial charge >= 0.3 is 0 Å². The highest BCUT2D eigenvalue weighted by molar-refractivity contribution is 6.01. The van der Waals surface area contributed by atoms with Gasteiger partial charge in [-0.05, 0) is 37.1 Å². The molecular formula is C22H26N4O2. The lowest BCUT2D eigenvalue weighted by atomic mass is 10.00. The number of hydrogen-bond donors (Lipinski definition) is 0. The maximum absolute atomic E-state index is 12.0. The minimum Gasteiger partial charge on any atom is -0.373 e. The Morgan fingerprint density at radius 2 is 2.11 bits per heavy atom. The number of aryl methyl sites for hydroxylation is 1. The van der Waals surface area contributed by atoms with Crippen LogP contribution in [-0.4, -0.2) is 50.7 Å². The molecule has 0 amide bonds. The summed E-state index contributed by atoms with van der Waals surface area (Å²) in [5.41, 5.74) is 4.37. The summed E-state index contributed by atoms with van der Waals surface area (Å²) in [6.07, 6.45) is 3.78. The molecule has 2 aromatic heterocycles. The summed E-state index contributed by atoms with van der Waals surface area (Å²) in [5, 5.41) is 5.31. The summed E-state index contributed by atoms with van der Waals surface area (Å²) in [6, 6.07) is 8.23. The van der Waals surface area contributed by atoms with E-state index in [9.17, 15) is 4.79 Å². The van der Waals surface area contributed by atoms with E-state index < -0.39 is 0 Å². The van der Waals surface area contributed by atoms with Crippen molar-refractivity contribution in [3.8, 4) is 11.1 Å². The van der Waals surface area contributed by atoms with Gasteiger partial charge in [-0.25, -0.2) is 4.98 Å². The fourth-order valence-electron chi connectivity index (χ4n) is 3.86. The second kappa shape index (κ2) is 7.11. The van der Waals surface area contributed by atoms with E-state index in [4.69, 9.17) is 4.74 Å². The van der Waals surface area contributed by atoms with Crippen molar-refractivity contribution in [2.24, 2.45) is 7.05 Å². The van der Waals surface area contributed by atoms with Crippen LogP contribution >= 0.6 is 0 Å². The Labute approximate surface area is 165 Å². The van der Waals surface area contributed by atoms with Crippen LogP contribution in [0, 0.1) is 0 Å². The topological polar surface area (TPSA) is 60.2 Å². The van der Waals surface area contributed by atoms with Crippen LogP contribution in [0.5, 0.6) is 0 Å². The average Bonchev–Trinajstić information content (AvgIpc) is 3.06. The maximum atomic E-state index is 12.0. The molecule has 3 aromatic rings. The minimum atomic E-state index is -0.122. The van der Waals surface area contributed by atoms with Gasteiger partial charge in [-0.1, -0.05) is 12.1 Å². The quantitative estimate of drug-likeness (QED) is 0.651. The number of rotatable bonds is 4. The van der Waals surface area contributed by atoms with Crippen molar-refractivity contribution in [3.63, 3.8) is 0 Å². The number of morpholine rings is 1. The molecule has 0 saturated carbocycles. The van der Waals surface area contributed by atoms with Crippen LogP contribution in [0.15, 0.2) is 36.7 Å². The molecule has 6 heteroatoms. The molecule has 0 spiro atoms. The number of fused-ring (bicyclic) bond motifs is 1. The molecule has 1 aliphatic rings. The van der Waals surface area contributed by atoms with E-state index >= 15 is 0 Å². The number of pyridine rings is 1. The number of aromatic nitrogens is 3. The molecule has 1 saturated heterocycles. The molecule has 0 radical (unpaired) electrons. The van der Waals surface area contributed by atoms with E-state index in [0.717, 1.165) is 48.3 Å². The lowest BCUT2D eigenvalue weighted by molar-refractivity contribution is -0.0882. The first kappa shape index (κ1) is 18.8. The van der Waals surface area contributed by atoms with Crippen molar-refractivity contribution >= 4 is 16.7 Å². The van der Waals surface area contributed by atoms with Gasteiger partial charge in [0, 0.05) is 50.8 Å². The highest BCUT2D eigenvalue weighted by atomic mass is 16.5. The number of ketones is 1. The van der Waals surface area contributed by atoms with Crippen molar-refractivity contribution in [2.75, 3.05) is 19.7 Å². The predicted octanol–water partition coefficient (Wildman–Crippen LogP) is 3.45. The Kier molecular flexibility index (Phi) is 4.77. The molecule has 0 atom stereocenters. The van der Waals surface area contributed by atoms with Crippen molar-refractivity contribution < 1.29 is 9.53 Å². The van der Waals surface area contributed by atoms with Gasteiger partial charge in [0.2, 0.25) is 0 Å². The summed E-state index contributed by atoms with van der Waals surface area (Å²) in [6.45, 7) is 9.22. The molecule has 0 N–H and O–H groups in total. The molecule has 0 unspecified atom stereocenters. The van der Waals surface area contributed by atoms with Crippen LogP contribution in [0.4, 0.5) is 0 Å². The SMILES string of the molecule is CC(=O)c1cc(-c2cnn(C)c2)c2ccc(CN3CCOC(C)(C)C3)cc2n1. The molecule has 28 heavy (non-hydrogen) atoms. The van der Waals surface area contributed by atoms with E-state index in [1.165, 1.54) is 5.56 Å². The first-order valence-electron chi connectivity index (χ1n) is 9.61. The largest absolute Gasteiger partial charge is 0.373 e. The summed E-state index contributed by atoms with van der Waals surface area (Å²) in [7, 11) is 1.89. The van der Waals surface area contributed by atoms with E-state index in [2.05, 4.69) is 47.0 Å². The Balaban J connectivity index is 1.73. The van der Waals surface area contributed by atoms with Crippen molar-refractivity contribution in [1.29, 1.82) is 0 Å². The number of carbonyl (C=O) groups is 1. The lowest BCUT2D eigenvalue weighted by Crippen LogP contribution is -2.47. The Morgan fingerprint density at radius 3 is 2.79 bits per heavy atom. The molecule has 4 rings (SSSR count). The van der Waals surface area contributed by atoms with Crippen LogP contribution in [0.25, 0.3) is 22.0 Å². The van der Waals surface area contributed by atoms with E-state index in [-0.39, 0.29) is 11.4 Å². The summed E-state index contributed by atoms with van der Waals surface area (Å²) in [4.78, 5) is 19.1. The zero-order valence-corrected chi connectivity index (χ0v) is 16.9. The number of hydrogen-bond acceptors (Lipinski definition) is 5. The van der Waals surface area contributed by atoms with Crippen molar-refractivity contribution in [3.05, 3.63) is 47.9 Å². The first-order chi connectivity index (χ1) is 13.3. The summed E-state index contributed by atoms with van der Waals surface area (Å²) in [5.74, 6) is -0.0348. The average molecular weight is 378 g/mol. The summed E-state index contributed by atoms with van der Waals surface area (Å²) >= 11 is 0. The zero-order valence-electron chi connectivity index (χ0n) is 16.9. The van der Waals surface area contributed by atoms with Gasteiger partial charge in [0.1, 0.15) is 5.69 Å². The zero-order chi connectivity index (χ0) is 19.9. The van der Waals surface area contributed by atoms with Gasteiger partial charge in [0.05, 0.1) is 23.9 Å². The first-order valence-corrected chi connectivity index (χ1v) is 9.61. The van der Waals surface area contributed by atoms with Crippen LogP contribution in [0.2, 0.25) is 0 Å². The third-order valence-corrected chi connectivity index (χ3v) is 5.16. The molecule has 0 bridgehead atoms. The monoisotopic (exact) mass is 378 g/mol. The fourth-order valence-corrected chi connectivity index (χ4v) is 3.86. The molecular weight excluding hydrogens is 352 g/mol. The molecule has 146 valence electrons. The summed E-state index contributed by atoms with van der Waals surface area (Å²) < 4.78 is 7.58. The second-order valence-corrected chi connectivity index (χ2v) is 8.18. The van der Waals surface area contributed by atoms with Gasteiger partial charge in [-0.3, -0.25) is 14.4 Å². The Morgan fingerprint density at radius 1 is 1.29 bits per heavy atom. The normalized spacial score (nSPS) is 17.1.